The molecule has 1 saturated carbocycles. The Kier molecular flexibility index (Phi) is 6.65. The van der Waals surface area contributed by atoms with Gasteiger partial charge in [0.25, 0.3) is 0 Å². The summed E-state index contributed by atoms with van der Waals surface area (Å²) in [5.74, 6) is 0.784. The van der Waals surface area contributed by atoms with Gasteiger partial charge < -0.3 is 5.32 Å². The van der Waals surface area contributed by atoms with Crippen LogP contribution in [0.2, 0.25) is 0 Å². The lowest BCUT2D eigenvalue weighted by Gasteiger charge is -2.22. The second kappa shape index (κ2) is 8.50. The van der Waals surface area contributed by atoms with Gasteiger partial charge in [-0.15, -0.1) is 0 Å². The van der Waals surface area contributed by atoms with Crippen LogP contribution in [-0.4, -0.2) is 29.0 Å². The summed E-state index contributed by atoms with van der Waals surface area (Å²) in [5.41, 5.74) is 2.50. The van der Waals surface area contributed by atoms with Gasteiger partial charge in [0.15, 0.2) is 0 Å². The minimum atomic E-state index is 0.784. The molecule has 1 heterocycles. The third-order valence-electron chi connectivity index (χ3n) is 4.06. The SMILES string of the molecule is CCCNCc1ccc(CN(CCC(C)C)C2CC2)nc1. The fourth-order valence-electron chi connectivity index (χ4n) is 2.53. The van der Waals surface area contributed by atoms with Gasteiger partial charge in [-0.3, -0.25) is 9.88 Å². The van der Waals surface area contributed by atoms with E-state index < -0.39 is 0 Å². The predicted octanol–water partition coefficient (Wildman–Crippen LogP) is 3.59. The summed E-state index contributed by atoms with van der Waals surface area (Å²) in [6.45, 7) is 11.0. The Hall–Kier alpha value is -0.930. The van der Waals surface area contributed by atoms with Crippen molar-refractivity contribution in [3.05, 3.63) is 29.6 Å². The fraction of sp³-hybridized carbons (Fsp3) is 0.722. The number of hydrogen-bond acceptors (Lipinski definition) is 3. The first-order chi connectivity index (χ1) is 10.2. The molecule has 1 N–H and O–H groups in total. The molecule has 1 fully saturated rings. The summed E-state index contributed by atoms with van der Waals surface area (Å²) in [6.07, 6.45) is 7.24. The van der Waals surface area contributed by atoms with Gasteiger partial charge in [0, 0.05) is 25.3 Å². The maximum Gasteiger partial charge on any atom is 0.0544 e. The smallest absolute Gasteiger partial charge is 0.0544 e. The molecule has 1 aromatic heterocycles. The van der Waals surface area contributed by atoms with Crippen molar-refractivity contribution in [2.45, 2.75) is 65.6 Å². The van der Waals surface area contributed by atoms with E-state index in [1.54, 1.807) is 0 Å². The van der Waals surface area contributed by atoms with Crippen LogP contribution in [0.4, 0.5) is 0 Å². The normalized spacial score (nSPS) is 15.1. The van der Waals surface area contributed by atoms with Crippen LogP contribution in [0.5, 0.6) is 0 Å². The monoisotopic (exact) mass is 289 g/mol. The molecule has 0 unspecified atom stereocenters. The van der Waals surface area contributed by atoms with Crippen LogP contribution in [0.1, 0.15) is 57.7 Å². The van der Waals surface area contributed by atoms with E-state index in [4.69, 9.17) is 0 Å². The Balaban J connectivity index is 1.82. The number of aromatic nitrogens is 1. The molecule has 0 aliphatic heterocycles. The zero-order valence-corrected chi connectivity index (χ0v) is 13.9. The van der Waals surface area contributed by atoms with Crippen LogP contribution >= 0.6 is 0 Å². The molecular weight excluding hydrogens is 258 g/mol. The number of rotatable bonds is 10. The molecule has 21 heavy (non-hydrogen) atoms. The zero-order valence-electron chi connectivity index (χ0n) is 13.9. The first-order valence-electron chi connectivity index (χ1n) is 8.57. The summed E-state index contributed by atoms with van der Waals surface area (Å²) in [7, 11) is 0. The Morgan fingerprint density at radius 3 is 2.71 bits per heavy atom. The van der Waals surface area contributed by atoms with Gasteiger partial charge in [-0.2, -0.15) is 0 Å². The maximum absolute atomic E-state index is 4.65. The van der Waals surface area contributed by atoms with Crippen molar-refractivity contribution in [1.82, 2.24) is 15.2 Å². The van der Waals surface area contributed by atoms with Gasteiger partial charge in [0.05, 0.1) is 5.69 Å². The molecule has 3 heteroatoms. The number of nitrogens with one attached hydrogen (secondary N) is 1. The van der Waals surface area contributed by atoms with E-state index in [1.807, 2.05) is 6.20 Å². The minimum absolute atomic E-state index is 0.784. The highest BCUT2D eigenvalue weighted by Crippen LogP contribution is 2.28. The standard InChI is InChI=1S/C18H31N3/c1-4-10-19-12-16-5-6-17(20-13-16)14-21(18-7-8-18)11-9-15(2)3/h5-6,13,15,18-19H,4,7-12,14H2,1-3H3. The van der Waals surface area contributed by atoms with E-state index in [0.29, 0.717) is 0 Å². The molecule has 0 saturated heterocycles. The molecular formula is C18H31N3. The van der Waals surface area contributed by atoms with Crippen molar-refractivity contribution in [1.29, 1.82) is 0 Å². The fourth-order valence-corrected chi connectivity index (χ4v) is 2.53. The number of pyridine rings is 1. The molecule has 2 rings (SSSR count). The minimum Gasteiger partial charge on any atom is -0.313 e. The van der Waals surface area contributed by atoms with E-state index in [-0.39, 0.29) is 0 Å². The highest BCUT2D eigenvalue weighted by Gasteiger charge is 2.28. The Morgan fingerprint density at radius 2 is 2.14 bits per heavy atom. The third-order valence-corrected chi connectivity index (χ3v) is 4.06. The first-order valence-corrected chi connectivity index (χ1v) is 8.57. The van der Waals surface area contributed by atoms with Crippen LogP contribution in [-0.2, 0) is 13.1 Å². The molecule has 1 aliphatic rings. The van der Waals surface area contributed by atoms with Gasteiger partial charge in [-0.25, -0.2) is 0 Å². The van der Waals surface area contributed by atoms with E-state index in [1.165, 1.54) is 43.5 Å². The lowest BCUT2D eigenvalue weighted by atomic mass is 10.1. The summed E-state index contributed by atoms with van der Waals surface area (Å²) in [4.78, 5) is 7.28. The molecule has 0 bridgehead atoms. The molecule has 0 radical (unpaired) electrons. The second-order valence-electron chi connectivity index (χ2n) is 6.72. The topological polar surface area (TPSA) is 28.2 Å². The average Bonchev–Trinajstić information content (AvgIpc) is 3.30. The lowest BCUT2D eigenvalue weighted by Crippen LogP contribution is -2.28. The Morgan fingerprint density at radius 1 is 1.33 bits per heavy atom. The largest absolute Gasteiger partial charge is 0.313 e. The summed E-state index contributed by atoms with van der Waals surface area (Å²) in [5, 5.41) is 3.42. The van der Waals surface area contributed by atoms with Crippen molar-refractivity contribution >= 4 is 0 Å². The van der Waals surface area contributed by atoms with Gasteiger partial charge in [0.2, 0.25) is 0 Å². The molecule has 0 amide bonds. The van der Waals surface area contributed by atoms with Gasteiger partial charge in [0.1, 0.15) is 0 Å². The molecule has 118 valence electrons. The summed E-state index contributed by atoms with van der Waals surface area (Å²) >= 11 is 0. The third kappa shape index (κ3) is 6.15. The molecule has 1 aromatic rings. The van der Waals surface area contributed by atoms with Crippen molar-refractivity contribution in [3.63, 3.8) is 0 Å². The molecule has 3 nitrogen and oxygen atoms in total. The van der Waals surface area contributed by atoms with Gasteiger partial charge in [-0.05, 0) is 56.3 Å². The van der Waals surface area contributed by atoms with Crippen LogP contribution < -0.4 is 5.32 Å². The van der Waals surface area contributed by atoms with Crippen molar-refractivity contribution < 1.29 is 0 Å². The summed E-state index contributed by atoms with van der Waals surface area (Å²) in [6, 6.07) is 5.24. The zero-order chi connectivity index (χ0) is 15.1. The molecule has 0 aromatic carbocycles. The second-order valence-corrected chi connectivity index (χ2v) is 6.72. The van der Waals surface area contributed by atoms with Crippen molar-refractivity contribution in [2.24, 2.45) is 5.92 Å². The number of hydrogen-bond donors (Lipinski definition) is 1. The van der Waals surface area contributed by atoms with E-state index >= 15 is 0 Å². The Bertz CT molecular complexity index is 395. The van der Waals surface area contributed by atoms with E-state index in [0.717, 1.165) is 31.6 Å². The van der Waals surface area contributed by atoms with Crippen LogP contribution in [0, 0.1) is 5.92 Å². The van der Waals surface area contributed by atoms with Crippen LogP contribution in [0.3, 0.4) is 0 Å². The van der Waals surface area contributed by atoms with E-state index in [2.05, 4.69) is 48.1 Å². The summed E-state index contributed by atoms with van der Waals surface area (Å²) < 4.78 is 0. The van der Waals surface area contributed by atoms with Gasteiger partial charge in [-0.1, -0.05) is 26.8 Å². The molecule has 0 spiro atoms. The average molecular weight is 289 g/mol. The van der Waals surface area contributed by atoms with Gasteiger partial charge >= 0.3 is 0 Å². The highest BCUT2D eigenvalue weighted by molar-refractivity contribution is 5.14. The molecule has 1 aliphatic carbocycles. The quantitative estimate of drug-likeness (QED) is 0.667. The predicted molar refractivity (Wildman–Crippen MR) is 89.1 cm³/mol. The van der Waals surface area contributed by atoms with Crippen LogP contribution in [0.15, 0.2) is 18.3 Å². The van der Waals surface area contributed by atoms with Crippen LogP contribution in [0.25, 0.3) is 0 Å². The lowest BCUT2D eigenvalue weighted by molar-refractivity contribution is 0.237. The first kappa shape index (κ1) is 16.4. The Labute approximate surface area is 130 Å². The van der Waals surface area contributed by atoms with E-state index in [9.17, 15) is 0 Å². The number of nitrogens with zero attached hydrogens (tertiary/aromatic N) is 2. The van der Waals surface area contributed by atoms with Crippen molar-refractivity contribution in [2.75, 3.05) is 13.1 Å². The molecule has 0 atom stereocenters. The van der Waals surface area contributed by atoms with Crippen molar-refractivity contribution in [3.8, 4) is 0 Å². The highest BCUT2D eigenvalue weighted by atomic mass is 15.2. The maximum atomic E-state index is 4.65.